The topological polar surface area (TPSA) is 29.5 Å². The van der Waals surface area contributed by atoms with Gasteiger partial charge in [-0.2, -0.15) is 0 Å². The van der Waals surface area contributed by atoms with Crippen LogP contribution in [0.15, 0.2) is 36.4 Å². The second-order valence-corrected chi connectivity index (χ2v) is 5.12. The summed E-state index contributed by atoms with van der Waals surface area (Å²) < 4.78 is 5.09. The van der Waals surface area contributed by atoms with Crippen molar-refractivity contribution in [1.82, 2.24) is 0 Å². The summed E-state index contributed by atoms with van der Waals surface area (Å²) in [6.07, 6.45) is -0.737. The van der Waals surface area contributed by atoms with Crippen LogP contribution < -0.4 is 4.74 Å². The molecular formula is C15H14Cl2O2. The number of aliphatic hydroxyl groups is 1. The van der Waals surface area contributed by atoms with Crippen molar-refractivity contribution in [1.29, 1.82) is 0 Å². The van der Waals surface area contributed by atoms with E-state index in [0.29, 0.717) is 21.4 Å². The number of aryl methyl sites for hydroxylation is 1. The van der Waals surface area contributed by atoms with Crippen molar-refractivity contribution in [2.24, 2.45) is 0 Å². The predicted octanol–water partition coefficient (Wildman–Crippen LogP) is 4.39. The van der Waals surface area contributed by atoms with E-state index in [0.717, 1.165) is 11.1 Å². The fourth-order valence-corrected chi connectivity index (χ4v) is 2.27. The molecule has 100 valence electrons. The molecule has 0 saturated carbocycles. The number of aliphatic hydroxyl groups excluding tert-OH is 1. The molecule has 0 bridgehead atoms. The first-order valence-electron chi connectivity index (χ1n) is 5.80. The van der Waals surface area contributed by atoms with Crippen molar-refractivity contribution in [3.8, 4) is 5.75 Å². The molecule has 19 heavy (non-hydrogen) atoms. The molecule has 0 spiro atoms. The Morgan fingerprint density at radius 3 is 2.21 bits per heavy atom. The van der Waals surface area contributed by atoms with Crippen LogP contribution in [-0.4, -0.2) is 12.2 Å². The molecule has 1 N–H and O–H groups in total. The Labute approximate surface area is 122 Å². The number of ether oxygens (including phenoxy) is 1. The van der Waals surface area contributed by atoms with Crippen molar-refractivity contribution < 1.29 is 9.84 Å². The molecule has 0 aliphatic carbocycles. The van der Waals surface area contributed by atoms with E-state index in [-0.39, 0.29) is 0 Å². The normalized spacial score (nSPS) is 12.3. The van der Waals surface area contributed by atoms with Crippen LogP contribution in [0.3, 0.4) is 0 Å². The molecule has 0 fully saturated rings. The average Bonchev–Trinajstić information content (AvgIpc) is 2.41. The zero-order valence-electron chi connectivity index (χ0n) is 10.7. The molecule has 0 saturated heterocycles. The third kappa shape index (κ3) is 3.03. The van der Waals surface area contributed by atoms with Gasteiger partial charge in [-0.1, -0.05) is 41.4 Å². The van der Waals surface area contributed by atoms with E-state index in [9.17, 15) is 5.11 Å². The molecule has 0 heterocycles. The molecule has 0 aliphatic heterocycles. The Kier molecular flexibility index (Phi) is 4.35. The number of methoxy groups -OCH3 is 1. The highest BCUT2D eigenvalue weighted by Crippen LogP contribution is 2.31. The largest absolute Gasteiger partial charge is 0.495 e. The molecule has 0 aliphatic rings. The number of benzene rings is 2. The SMILES string of the molecule is COc1ccc(C(O)c2ccc(Cl)c(C)c2)cc1Cl. The van der Waals surface area contributed by atoms with Crippen molar-refractivity contribution in [3.05, 3.63) is 63.1 Å². The lowest BCUT2D eigenvalue weighted by atomic mass is 10.00. The maximum absolute atomic E-state index is 10.4. The standard InChI is InChI=1S/C15H14Cl2O2/c1-9-7-10(3-5-12(9)16)15(18)11-4-6-14(19-2)13(17)8-11/h3-8,15,18H,1-2H3. The highest BCUT2D eigenvalue weighted by Gasteiger charge is 2.13. The molecule has 2 aromatic rings. The van der Waals surface area contributed by atoms with Crippen LogP contribution in [0.5, 0.6) is 5.75 Å². The van der Waals surface area contributed by atoms with Gasteiger partial charge in [-0.15, -0.1) is 0 Å². The summed E-state index contributed by atoms with van der Waals surface area (Å²) in [5.41, 5.74) is 2.42. The van der Waals surface area contributed by atoms with Gasteiger partial charge in [-0.3, -0.25) is 0 Å². The Morgan fingerprint density at radius 2 is 1.63 bits per heavy atom. The van der Waals surface area contributed by atoms with Gasteiger partial charge in [0.05, 0.1) is 12.1 Å². The minimum atomic E-state index is -0.737. The summed E-state index contributed by atoms with van der Waals surface area (Å²) in [7, 11) is 1.56. The van der Waals surface area contributed by atoms with Crippen LogP contribution in [-0.2, 0) is 0 Å². The first kappa shape index (κ1) is 14.2. The molecule has 0 amide bonds. The van der Waals surface area contributed by atoms with Crippen LogP contribution >= 0.6 is 23.2 Å². The van der Waals surface area contributed by atoms with Gasteiger partial charge in [0, 0.05) is 5.02 Å². The minimum Gasteiger partial charge on any atom is -0.495 e. The number of halogens is 2. The maximum atomic E-state index is 10.4. The maximum Gasteiger partial charge on any atom is 0.137 e. The highest BCUT2D eigenvalue weighted by molar-refractivity contribution is 6.32. The molecule has 0 radical (unpaired) electrons. The van der Waals surface area contributed by atoms with E-state index in [1.807, 2.05) is 13.0 Å². The third-order valence-electron chi connectivity index (χ3n) is 2.99. The van der Waals surface area contributed by atoms with Gasteiger partial charge in [-0.25, -0.2) is 0 Å². The van der Waals surface area contributed by atoms with Crippen molar-refractivity contribution >= 4 is 23.2 Å². The lowest BCUT2D eigenvalue weighted by molar-refractivity contribution is 0.220. The lowest BCUT2D eigenvalue weighted by Crippen LogP contribution is -2.00. The van der Waals surface area contributed by atoms with Gasteiger partial charge in [0.1, 0.15) is 11.9 Å². The zero-order valence-corrected chi connectivity index (χ0v) is 12.2. The van der Waals surface area contributed by atoms with Crippen LogP contribution in [0, 0.1) is 6.92 Å². The van der Waals surface area contributed by atoms with Crippen LogP contribution in [0.25, 0.3) is 0 Å². The predicted molar refractivity (Wildman–Crippen MR) is 78.3 cm³/mol. The Hall–Kier alpha value is -1.22. The fourth-order valence-electron chi connectivity index (χ4n) is 1.88. The molecule has 2 nitrogen and oxygen atoms in total. The summed E-state index contributed by atoms with van der Waals surface area (Å²) in [5.74, 6) is 0.588. The molecule has 4 heteroatoms. The third-order valence-corrected chi connectivity index (χ3v) is 3.71. The van der Waals surface area contributed by atoms with Crippen LogP contribution in [0.2, 0.25) is 10.0 Å². The van der Waals surface area contributed by atoms with Gasteiger partial charge >= 0.3 is 0 Å². The minimum absolute atomic E-state index is 0.477. The van der Waals surface area contributed by atoms with E-state index in [2.05, 4.69) is 0 Å². The fraction of sp³-hybridized carbons (Fsp3) is 0.200. The lowest BCUT2D eigenvalue weighted by Gasteiger charge is -2.14. The summed E-state index contributed by atoms with van der Waals surface area (Å²) in [6, 6.07) is 10.7. The van der Waals surface area contributed by atoms with E-state index < -0.39 is 6.10 Å². The molecular weight excluding hydrogens is 283 g/mol. The summed E-state index contributed by atoms with van der Waals surface area (Å²) in [4.78, 5) is 0. The van der Waals surface area contributed by atoms with E-state index in [1.165, 1.54) is 0 Å². The Bertz CT molecular complexity index is 597. The first-order valence-corrected chi connectivity index (χ1v) is 6.56. The number of hydrogen-bond donors (Lipinski definition) is 1. The van der Waals surface area contributed by atoms with Gasteiger partial charge in [0.2, 0.25) is 0 Å². The van der Waals surface area contributed by atoms with E-state index >= 15 is 0 Å². The highest BCUT2D eigenvalue weighted by atomic mass is 35.5. The van der Waals surface area contributed by atoms with Gasteiger partial charge in [-0.05, 0) is 41.8 Å². The van der Waals surface area contributed by atoms with E-state index in [1.54, 1.807) is 37.4 Å². The van der Waals surface area contributed by atoms with Gasteiger partial charge < -0.3 is 9.84 Å². The molecule has 0 aromatic heterocycles. The Balaban J connectivity index is 2.35. The Morgan fingerprint density at radius 1 is 1.00 bits per heavy atom. The molecule has 2 aromatic carbocycles. The van der Waals surface area contributed by atoms with Gasteiger partial charge in [0.15, 0.2) is 0 Å². The molecule has 2 rings (SSSR count). The van der Waals surface area contributed by atoms with Gasteiger partial charge in [0.25, 0.3) is 0 Å². The quantitative estimate of drug-likeness (QED) is 0.910. The summed E-state index contributed by atoms with van der Waals surface area (Å²) in [6.45, 7) is 1.90. The van der Waals surface area contributed by atoms with Crippen LogP contribution in [0.4, 0.5) is 0 Å². The van der Waals surface area contributed by atoms with Crippen molar-refractivity contribution in [2.75, 3.05) is 7.11 Å². The van der Waals surface area contributed by atoms with E-state index in [4.69, 9.17) is 27.9 Å². The number of hydrogen-bond acceptors (Lipinski definition) is 2. The second-order valence-electron chi connectivity index (χ2n) is 4.31. The first-order chi connectivity index (χ1) is 9.02. The monoisotopic (exact) mass is 296 g/mol. The summed E-state index contributed by atoms with van der Waals surface area (Å²) >= 11 is 12.0. The smallest absolute Gasteiger partial charge is 0.137 e. The second kappa shape index (κ2) is 5.83. The molecule has 1 unspecified atom stereocenters. The van der Waals surface area contributed by atoms with Crippen LogP contribution in [0.1, 0.15) is 22.8 Å². The average molecular weight is 297 g/mol. The summed E-state index contributed by atoms with van der Waals surface area (Å²) in [5, 5.41) is 11.5. The van der Waals surface area contributed by atoms with Crippen molar-refractivity contribution in [2.45, 2.75) is 13.0 Å². The zero-order chi connectivity index (χ0) is 14.0. The van der Waals surface area contributed by atoms with Crippen molar-refractivity contribution in [3.63, 3.8) is 0 Å². The number of rotatable bonds is 3. The molecule has 1 atom stereocenters.